The third kappa shape index (κ3) is 16.3. The molecule has 66 heavy (non-hydrogen) atoms. The van der Waals surface area contributed by atoms with Crippen LogP contribution in [0.5, 0.6) is 11.5 Å². The minimum absolute atomic E-state index is 0.0468. The number of rotatable bonds is 15. The largest absolute Gasteiger partial charge is 0.491 e. The van der Waals surface area contributed by atoms with Crippen molar-refractivity contribution in [2.24, 2.45) is 0 Å². The van der Waals surface area contributed by atoms with Gasteiger partial charge in [-0.25, -0.2) is 31.9 Å². The van der Waals surface area contributed by atoms with E-state index in [1.807, 2.05) is 11.8 Å². The number of esters is 2. The van der Waals surface area contributed by atoms with Crippen LogP contribution in [0.4, 0.5) is 57.9 Å². The number of carbonyl (C=O) groups excluding carboxylic acids is 4. The molecule has 0 saturated carbocycles. The van der Waals surface area contributed by atoms with Crippen LogP contribution in [0.25, 0.3) is 0 Å². The number of halogens is 11. The summed E-state index contributed by atoms with van der Waals surface area (Å²) in [5.74, 6) is -21.6. The maximum Gasteiger partial charge on any atom is 0.491 e. The number of aliphatic carboxylic acids is 1. The van der Waals surface area contributed by atoms with Gasteiger partial charge in [0, 0.05) is 47.0 Å². The number of benzene rings is 2. The number of carboxylic acids is 1. The highest BCUT2D eigenvalue weighted by Gasteiger charge is 2.44. The minimum atomic E-state index is -5.55. The maximum atomic E-state index is 13.4. The number of carboxylic acid groups (broad SMARTS) is 1. The average molecular weight is 1000 g/mol. The van der Waals surface area contributed by atoms with E-state index >= 15 is 0 Å². The molecule has 370 valence electrons. The molecular weight excluding hydrogens is 952 g/mol. The lowest BCUT2D eigenvalue weighted by Crippen LogP contribution is -2.36. The van der Waals surface area contributed by atoms with Crippen molar-refractivity contribution in [3.8, 4) is 11.5 Å². The molecule has 4 heterocycles. The predicted molar refractivity (Wildman–Crippen MR) is 219 cm³/mol. The third-order valence-electron chi connectivity index (χ3n) is 10.3. The van der Waals surface area contributed by atoms with Gasteiger partial charge in [-0.15, -0.1) is 0 Å². The zero-order chi connectivity index (χ0) is 49.5. The van der Waals surface area contributed by atoms with Crippen molar-refractivity contribution in [1.29, 1.82) is 0 Å². The highest BCUT2D eigenvalue weighted by Crippen LogP contribution is 2.35. The molecule has 4 amide bonds. The Bertz CT molecular complexity index is 1960. The molecule has 2 aromatic rings. The Kier molecular flexibility index (Phi) is 21.9. The first-order valence-electron chi connectivity index (χ1n) is 20.5. The van der Waals surface area contributed by atoms with Gasteiger partial charge in [0.1, 0.15) is 0 Å². The van der Waals surface area contributed by atoms with Gasteiger partial charge in [-0.3, -0.25) is 9.59 Å². The summed E-state index contributed by atoms with van der Waals surface area (Å²) in [6.07, 6.45) is -1.05. The lowest BCUT2D eigenvalue weighted by atomic mass is 10.0. The van der Waals surface area contributed by atoms with Gasteiger partial charge in [0.2, 0.25) is 34.8 Å². The normalized spacial score (nSPS) is 21.3. The van der Waals surface area contributed by atoms with Crippen LogP contribution in [0.3, 0.4) is 0 Å². The Morgan fingerprint density at radius 1 is 0.636 bits per heavy atom. The van der Waals surface area contributed by atoms with Crippen LogP contribution in [-0.4, -0.2) is 112 Å². The number of nitrogens with one attached hydrogen (secondary N) is 4. The fourth-order valence-electron chi connectivity index (χ4n) is 6.79. The number of hydrogen-bond donors (Lipinski definition) is 5. The monoisotopic (exact) mass is 999 g/mol. The Balaban J connectivity index is 0.000000253. The number of nitrogens with zero attached hydrogens (tertiary/aromatic N) is 1. The van der Waals surface area contributed by atoms with Crippen molar-refractivity contribution < 1.29 is 86.8 Å². The van der Waals surface area contributed by atoms with Crippen LogP contribution in [0, 0.1) is 46.5 Å². The van der Waals surface area contributed by atoms with E-state index in [0.29, 0.717) is 18.1 Å². The van der Waals surface area contributed by atoms with E-state index in [-0.39, 0.29) is 66.5 Å². The van der Waals surface area contributed by atoms with Crippen LogP contribution in [0.2, 0.25) is 0 Å². The summed E-state index contributed by atoms with van der Waals surface area (Å²) in [6, 6.07) is 0.227. The maximum absolute atomic E-state index is 13.4. The first kappa shape index (κ1) is 55.6. The van der Waals surface area contributed by atoms with Crippen LogP contribution in [0.1, 0.15) is 72.1 Å². The van der Waals surface area contributed by atoms with Crippen molar-refractivity contribution in [3.05, 3.63) is 58.7 Å². The molecule has 26 heteroatoms. The Labute approximate surface area is 380 Å². The van der Waals surface area contributed by atoms with Crippen LogP contribution < -0.4 is 30.7 Å². The summed E-state index contributed by atoms with van der Waals surface area (Å²) in [4.78, 5) is 57.1. The molecule has 2 aromatic carbocycles. The number of amides is 4. The Morgan fingerprint density at radius 3 is 1.36 bits per heavy atom. The van der Waals surface area contributed by atoms with Gasteiger partial charge in [-0.1, -0.05) is 33.6 Å². The van der Waals surface area contributed by atoms with E-state index < -0.39 is 82.1 Å². The molecule has 6 unspecified atom stereocenters. The van der Waals surface area contributed by atoms with E-state index in [9.17, 15) is 72.3 Å². The fraction of sp³-hybridized carbons (Fsp3) is 0.575. The van der Waals surface area contributed by atoms with E-state index in [2.05, 4.69) is 56.4 Å². The second-order valence-corrected chi connectivity index (χ2v) is 17.2. The number of alkyl halides is 3. The molecule has 4 fully saturated rings. The molecule has 0 bridgehead atoms. The number of unbranched alkanes of at least 4 members (excludes halogenated alkanes) is 2. The molecule has 0 aliphatic carbocycles. The van der Waals surface area contributed by atoms with E-state index in [4.69, 9.17) is 5.11 Å². The first-order chi connectivity index (χ1) is 31.0. The number of carbonyl (C=O) groups is 5. The number of thioether (sulfide) groups is 2. The van der Waals surface area contributed by atoms with E-state index in [1.165, 1.54) is 19.6 Å². The smallest absolute Gasteiger partial charge is 0.481 e. The SMILES string of the molecule is CCN(CC)CC.O=C(O)CCCCC1SCC2NC(=O)NC21.O=C(Oc1c(F)c(F)cc(F)c1F)C(F)(F)F.O=C1NC2CSC(CCCCC(=O)Oc3c(F)c(F)cc(F)c3F)C2N1. The minimum Gasteiger partial charge on any atom is -0.481 e. The Hall–Kier alpha value is -4.72. The average Bonchev–Trinajstić information content (AvgIpc) is 4.02. The summed E-state index contributed by atoms with van der Waals surface area (Å²) in [5, 5.41) is 20.7. The first-order valence-corrected chi connectivity index (χ1v) is 22.6. The van der Waals surface area contributed by atoms with Crippen molar-refractivity contribution in [1.82, 2.24) is 26.2 Å². The van der Waals surface area contributed by atoms with E-state index in [1.54, 1.807) is 11.8 Å². The zero-order valence-corrected chi connectivity index (χ0v) is 37.2. The van der Waals surface area contributed by atoms with Gasteiger partial charge in [-0.05, 0) is 45.3 Å². The molecule has 0 aromatic heterocycles. The van der Waals surface area contributed by atoms with Crippen molar-refractivity contribution >= 4 is 53.5 Å². The molecule has 6 atom stereocenters. The van der Waals surface area contributed by atoms with Gasteiger partial charge in [0.15, 0.2) is 23.3 Å². The van der Waals surface area contributed by atoms with Gasteiger partial charge in [-0.2, -0.15) is 54.3 Å². The molecule has 4 aliphatic heterocycles. The molecule has 0 radical (unpaired) electrons. The van der Waals surface area contributed by atoms with Crippen LogP contribution in [0.15, 0.2) is 12.1 Å². The summed E-state index contributed by atoms with van der Waals surface area (Å²) in [6.45, 7) is 10.1. The molecular formula is C40H48F11N5O8S2. The summed E-state index contributed by atoms with van der Waals surface area (Å²) in [7, 11) is 0. The topological polar surface area (TPSA) is 175 Å². The van der Waals surface area contributed by atoms with Gasteiger partial charge in [0.25, 0.3) is 0 Å². The number of ether oxygens (including phenoxy) is 2. The number of hydrogen-bond acceptors (Lipinski definition) is 10. The van der Waals surface area contributed by atoms with Crippen molar-refractivity contribution in [2.45, 2.75) is 113 Å². The van der Waals surface area contributed by atoms with Gasteiger partial charge >= 0.3 is 36.1 Å². The standard InChI is InChI=1S/C16H16F4N2O3S.C10H16N2O3S.C8HF7O2.C6H15N/c17-7-5-8(18)13(20)15(12(7)19)25-11(23)4-2-1-3-10-14-9(6-26-10)21-16(24)22-14;13-8(14)4-2-1-3-7-9-6(5-16-7)11-10(15)12-9;9-2-1-3(10)5(12)6(4(2)11)17-7(16)8(13,14)15;1-4-7(5-2)6-3/h5,9-10,14H,1-4,6H2,(H2,21,22,24);6-7,9H,1-5H2,(H,13,14)(H2,11,12,15);1H;4-6H2,1-3H3. The summed E-state index contributed by atoms with van der Waals surface area (Å²) in [5.41, 5.74) is 0. The highest BCUT2D eigenvalue weighted by molar-refractivity contribution is 8.00. The van der Waals surface area contributed by atoms with Gasteiger partial charge < -0.3 is 40.7 Å². The summed E-state index contributed by atoms with van der Waals surface area (Å²) < 4.78 is 146. The Morgan fingerprint density at radius 2 is 1.02 bits per heavy atom. The predicted octanol–water partition coefficient (Wildman–Crippen LogP) is 7.73. The lowest BCUT2D eigenvalue weighted by molar-refractivity contribution is -0.190. The quantitative estimate of drug-likeness (QED) is 0.0295. The van der Waals surface area contributed by atoms with Crippen molar-refractivity contribution in [3.63, 3.8) is 0 Å². The van der Waals surface area contributed by atoms with Crippen LogP contribution >= 0.6 is 23.5 Å². The molecule has 6 rings (SSSR count). The fourth-order valence-corrected chi connectivity index (χ4v) is 9.88. The second-order valence-electron chi connectivity index (χ2n) is 14.7. The molecule has 0 spiro atoms. The highest BCUT2D eigenvalue weighted by atomic mass is 32.2. The second kappa shape index (κ2) is 26.0. The summed E-state index contributed by atoms with van der Waals surface area (Å²) >= 11 is 3.60. The number of urea groups is 2. The van der Waals surface area contributed by atoms with Gasteiger partial charge in [0.05, 0.1) is 24.2 Å². The van der Waals surface area contributed by atoms with E-state index in [0.717, 1.165) is 37.2 Å². The third-order valence-corrected chi connectivity index (χ3v) is 13.3. The number of fused-ring (bicyclic) bond motifs is 2. The molecule has 13 nitrogen and oxygen atoms in total. The van der Waals surface area contributed by atoms with Crippen molar-refractivity contribution in [2.75, 3.05) is 31.1 Å². The molecule has 4 saturated heterocycles. The molecule has 5 N–H and O–H groups in total. The lowest BCUT2D eigenvalue weighted by Gasteiger charge is -2.16. The zero-order valence-electron chi connectivity index (χ0n) is 35.5. The molecule has 4 aliphatic rings. The van der Waals surface area contributed by atoms with Crippen LogP contribution in [-0.2, 0) is 14.4 Å².